The molecule has 3 N–H and O–H groups in total. The molecule has 1 fully saturated rings. The summed E-state index contributed by atoms with van der Waals surface area (Å²) in [5.74, 6) is 0.861. The molecule has 1 heterocycles. The van der Waals surface area contributed by atoms with Gasteiger partial charge in [-0.05, 0) is 37.5 Å². The minimum atomic E-state index is -0.0281. The molecule has 2 rings (SSSR count). The van der Waals surface area contributed by atoms with Crippen LogP contribution in [0.5, 0.6) is 5.75 Å². The molecule has 0 radical (unpaired) electrons. The molecular weight excluding hydrogens is 266 g/mol. The summed E-state index contributed by atoms with van der Waals surface area (Å²) in [5, 5.41) is 3.04. The number of nitrogens with two attached hydrogens (primary N) is 1. The van der Waals surface area contributed by atoms with Gasteiger partial charge in [-0.3, -0.25) is 9.69 Å². The fraction of sp³-hybridized carbons (Fsp3) is 0.562. The first-order chi connectivity index (χ1) is 10.1. The van der Waals surface area contributed by atoms with Gasteiger partial charge in [0.05, 0.1) is 19.7 Å². The van der Waals surface area contributed by atoms with Crippen molar-refractivity contribution in [1.29, 1.82) is 0 Å². The molecular formula is C16H25N3O2. The van der Waals surface area contributed by atoms with Gasteiger partial charge in [-0.15, -0.1) is 0 Å². The molecule has 1 atom stereocenters. The maximum absolute atomic E-state index is 12.1. The van der Waals surface area contributed by atoms with Crippen molar-refractivity contribution >= 4 is 5.91 Å². The normalized spacial score (nSPS) is 18.2. The van der Waals surface area contributed by atoms with Crippen molar-refractivity contribution in [2.45, 2.75) is 31.8 Å². The van der Waals surface area contributed by atoms with Gasteiger partial charge in [-0.1, -0.05) is 12.1 Å². The minimum absolute atomic E-state index is 0.0281. The SMILES string of the molecule is COc1cccc(C(C)NC(=O)CN2CCC(N)CC2)c1. The van der Waals surface area contributed by atoms with Crippen LogP contribution in [0, 0.1) is 0 Å². The van der Waals surface area contributed by atoms with E-state index in [1.807, 2.05) is 31.2 Å². The van der Waals surface area contributed by atoms with Crippen molar-refractivity contribution in [3.63, 3.8) is 0 Å². The lowest BCUT2D eigenvalue weighted by atomic mass is 10.1. The number of piperidine rings is 1. The summed E-state index contributed by atoms with van der Waals surface area (Å²) in [4.78, 5) is 14.3. The Morgan fingerprint density at radius 2 is 2.19 bits per heavy atom. The number of carbonyl (C=O) groups excluding carboxylic acids is 1. The highest BCUT2D eigenvalue weighted by Crippen LogP contribution is 2.18. The third-order valence-electron chi connectivity index (χ3n) is 3.97. The highest BCUT2D eigenvalue weighted by molar-refractivity contribution is 5.78. The van der Waals surface area contributed by atoms with Gasteiger partial charge in [-0.25, -0.2) is 0 Å². The van der Waals surface area contributed by atoms with Gasteiger partial charge >= 0.3 is 0 Å². The van der Waals surface area contributed by atoms with Crippen LogP contribution in [0.2, 0.25) is 0 Å². The van der Waals surface area contributed by atoms with E-state index in [-0.39, 0.29) is 11.9 Å². The van der Waals surface area contributed by atoms with Gasteiger partial charge in [0, 0.05) is 19.1 Å². The molecule has 0 aliphatic carbocycles. The van der Waals surface area contributed by atoms with Crippen molar-refractivity contribution in [3.05, 3.63) is 29.8 Å². The average Bonchev–Trinajstić information content (AvgIpc) is 2.49. The van der Waals surface area contributed by atoms with E-state index >= 15 is 0 Å². The monoisotopic (exact) mass is 291 g/mol. The molecule has 1 unspecified atom stereocenters. The highest BCUT2D eigenvalue weighted by Gasteiger charge is 2.19. The van der Waals surface area contributed by atoms with Crippen LogP contribution in [0.15, 0.2) is 24.3 Å². The van der Waals surface area contributed by atoms with E-state index in [1.54, 1.807) is 7.11 Å². The molecule has 1 aliphatic heterocycles. The van der Waals surface area contributed by atoms with Crippen LogP contribution in [0.4, 0.5) is 0 Å². The van der Waals surface area contributed by atoms with E-state index in [0.29, 0.717) is 12.6 Å². The molecule has 5 heteroatoms. The van der Waals surface area contributed by atoms with Gasteiger partial charge in [0.25, 0.3) is 0 Å². The molecule has 5 nitrogen and oxygen atoms in total. The van der Waals surface area contributed by atoms with Crippen molar-refractivity contribution in [2.24, 2.45) is 5.73 Å². The van der Waals surface area contributed by atoms with Crippen LogP contribution >= 0.6 is 0 Å². The number of benzene rings is 1. The lowest BCUT2D eigenvalue weighted by Gasteiger charge is -2.29. The quantitative estimate of drug-likeness (QED) is 0.858. The van der Waals surface area contributed by atoms with Crippen molar-refractivity contribution in [1.82, 2.24) is 10.2 Å². The maximum atomic E-state index is 12.1. The standard InChI is InChI=1S/C16H25N3O2/c1-12(13-4-3-5-15(10-13)21-2)18-16(20)11-19-8-6-14(17)7-9-19/h3-5,10,12,14H,6-9,11,17H2,1-2H3,(H,18,20). The lowest BCUT2D eigenvalue weighted by Crippen LogP contribution is -2.44. The van der Waals surface area contributed by atoms with Crippen LogP contribution in [0.1, 0.15) is 31.4 Å². The highest BCUT2D eigenvalue weighted by atomic mass is 16.5. The number of nitrogens with one attached hydrogen (secondary N) is 1. The fourth-order valence-corrected chi connectivity index (χ4v) is 2.60. The number of nitrogens with zero attached hydrogens (tertiary/aromatic N) is 1. The second-order valence-electron chi connectivity index (χ2n) is 5.68. The average molecular weight is 291 g/mol. The molecule has 1 aromatic rings. The second-order valence-corrected chi connectivity index (χ2v) is 5.68. The zero-order chi connectivity index (χ0) is 15.2. The number of methoxy groups -OCH3 is 1. The number of rotatable bonds is 5. The summed E-state index contributed by atoms with van der Waals surface area (Å²) < 4.78 is 5.21. The zero-order valence-corrected chi connectivity index (χ0v) is 12.8. The van der Waals surface area contributed by atoms with E-state index < -0.39 is 0 Å². The molecule has 1 aliphatic rings. The molecule has 1 saturated heterocycles. The number of carbonyl (C=O) groups is 1. The summed E-state index contributed by atoms with van der Waals surface area (Å²) in [6, 6.07) is 8.04. The lowest BCUT2D eigenvalue weighted by molar-refractivity contribution is -0.123. The summed E-state index contributed by atoms with van der Waals surface area (Å²) in [5.41, 5.74) is 6.92. The van der Waals surface area contributed by atoms with Crippen LogP contribution in [-0.4, -0.2) is 43.6 Å². The Morgan fingerprint density at radius 3 is 2.86 bits per heavy atom. The molecule has 116 valence electrons. The Hall–Kier alpha value is -1.59. The summed E-state index contributed by atoms with van der Waals surface area (Å²) in [6.07, 6.45) is 1.94. The minimum Gasteiger partial charge on any atom is -0.497 e. The van der Waals surface area contributed by atoms with Crippen LogP contribution in [0.25, 0.3) is 0 Å². The smallest absolute Gasteiger partial charge is 0.234 e. The molecule has 21 heavy (non-hydrogen) atoms. The predicted molar refractivity (Wildman–Crippen MR) is 83.2 cm³/mol. The van der Waals surface area contributed by atoms with Gasteiger partial charge in [-0.2, -0.15) is 0 Å². The molecule has 0 bridgehead atoms. The Bertz CT molecular complexity index is 470. The van der Waals surface area contributed by atoms with Crippen LogP contribution in [0.3, 0.4) is 0 Å². The number of ether oxygens (including phenoxy) is 1. The van der Waals surface area contributed by atoms with E-state index in [0.717, 1.165) is 37.2 Å². The van der Waals surface area contributed by atoms with E-state index in [2.05, 4.69) is 10.2 Å². The molecule has 0 spiro atoms. The first-order valence-electron chi connectivity index (χ1n) is 7.49. The van der Waals surface area contributed by atoms with Crippen molar-refractivity contribution < 1.29 is 9.53 Å². The van der Waals surface area contributed by atoms with Gasteiger partial charge in [0.2, 0.25) is 5.91 Å². The number of hydrogen-bond acceptors (Lipinski definition) is 4. The third-order valence-corrected chi connectivity index (χ3v) is 3.97. The van der Waals surface area contributed by atoms with Gasteiger partial charge in [0.1, 0.15) is 5.75 Å². The summed E-state index contributed by atoms with van der Waals surface area (Å²) in [6.45, 7) is 4.24. The predicted octanol–water partition coefficient (Wildman–Crippen LogP) is 1.30. The Morgan fingerprint density at radius 1 is 1.48 bits per heavy atom. The molecule has 1 amide bonds. The number of likely N-dealkylation sites (tertiary alicyclic amines) is 1. The largest absolute Gasteiger partial charge is 0.497 e. The summed E-state index contributed by atoms with van der Waals surface area (Å²) >= 11 is 0. The Kier molecular flexibility index (Phi) is 5.59. The Labute approximate surface area is 126 Å². The maximum Gasteiger partial charge on any atom is 0.234 e. The second kappa shape index (κ2) is 7.43. The van der Waals surface area contributed by atoms with Gasteiger partial charge in [0.15, 0.2) is 0 Å². The topological polar surface area (TPSA) is 67.6 Å². The molecule has 1 aromatic carbocycles. The van der Waals surface area contributed by atoms with E-state index in [4.69, 9.17) is 10.5 Å². The van der Waals surface area contributed by atoms with Gasteiger partial charge < -0.3 is 15.8 Å². The first-order valence-corrected chi connectivity index (χ1v) is 7.49. The summed E-state index contributed by atoms with van der Waals surface area (Å²) in [7, 11) is 1.64. The number of hydrogen-bond donors (Lipinski definition) is 2. The van der Waals surface area contributed by atoms with Crippen LogP contribution < -0.4 is 15.8 Å². The molecule has 0 aromatic heterocycles. The van der Waals surface area contributed by atoms with Crippen LogP contribution in [-0.2, 0) is 4.79 Å². The third kappa shape index (κ3) is 4.72. The fourth-order valence-electron chi connectivity index (χ4n) is 2.60. The Balaban J connectivity index is 1.84. The van der Waals surface area contributed by atoms with E-state index in [1.165, 1.54) is 0 Å². The first kappa shape index (κ1) is 15.8. The van der Waals surface area contributed by atoms with E-state index in [9.17, 15) is 4.79 Å². The molecule has 0 saturated carbocycles. The number of amides is 1. The van der Waals surface area contributed by atoms with Crippen molar-refractivity contribution in [2.75, 3.05) is 26.7 Å². The zero-order valence-electron chi connectivity index (χ0n) is 12.8. The van der Waals surface area contributed by atoms with Crippen molar-refractivity contribution in [3.8, 4) is 5.75 Å².